The van der Waals surface area contributed by atoms with Gasteiger partial charge in [-0.2, -0.15) is 0 Å². The Hall–Kier alpha value is -9.07. The molecule has 7 heteroatoms. The summed E-state index contributed by atoms with van der Waals surface area (Å²) in [4.78, 5) is 26.0. The fourth-order valence-corrected chi connectivity index (χ4v) is 10.1. The number of amidine groups is 2. The van der Waals surface area contributed by atoms with Crippen LogP contribution in [0.25, 0.3) is 56.4 Å². The van der Waals surface area contributed by atoms with Crippen molar-refractivity contribution in [2.75, 3.05) is 0 Å². The molecule has 9 aromatic carbocycles. The first-order chi connectivity index (χ1) is 33.7. The number of ether oxygens (including phenoxy) is 1. The second-order valence-corrected chi connectivity index (χ2v) is 17.2. The van der Waals surface area contributed by atoms with E-state index in [-0.39, 0.29) is 0 Å². The molecule has 68 heavy (non-hydrogen) atoms. The molecule has 13 rings (SSSR count). The number of para-hydroxylation sites is 1. The Morgan fingerprint density at radius 1 is 0.338 bits per heavy atom. The van der Waals surface area contributed by atoms with Crippen LogP contribution in [0.4, 0.5) is 0 Å². The SMILES string of the molecule is c1ccc(C2=NC(c3ccc4c(c3)Oc3ccccc3C43c4ccccc4-c4ccc(-c5nc(-c6ccccc6)nc(-c6cccc(-c7ccccc7)c6)n5)cc43)N=C(c3ccccc3)N2)cc1. The molecule has 0 bridgehead atoms. The number of nitrogens with one attached hydrogen (secondary N) is 1. The molecular formula is C61H40N6O. The third-order valence-electron chi connectivity index (χ3n) is 13.3. The Morgan fingerprint density at radius 3 is 1.51 bits per heavy atom. The average Bonchev–Trinajstić information content (AvgIpc) is 3.71. The van der Waals surface area contributed by atoms with E-state index in [0.717, 1.165) is 89.9 Å². The standard InChI is InChI=1S/C61H40N6O/c1-5-18-39(19-6-1)43-26-17-27-44(36-43)58-63-57(42-24-11-4-12-25-42)64-59(67-58)45-32-34-48-47-28-13-14-29-49(47)61(52(48)37-45)50-30-15-16-31-53(50)68-54-38-46(33-35-51(54)61)60-65-55(40-20-7-2-8-21-40)62-56(66-60)41-22-9-3-10-23-41/h1-38,60H,(H,62,65,66). The largest absolute Gasteiger partial charge is 0.457 e. The lowest BCUT2D eigenvalue weighted by molar-refractivity contribution is 0.435. The zero-order chi connectivity index (χ0) is 45.0. The Morgan fingerprint density at radius 2 is 0.838 bits per heavy atom. The molecule has 1 N–H and O–H groups in total. The number of rotatable bonds is 7. The topological polar surface area (TPSA) is 84.7 Å². The van der Waals surface area contributed by atoms with Crippen LogP contribution in [0, 0.1) is 0 Å². The van der Waals surface area contributed by atoms with Crippen LogP contribution in [0.15, 0.2) is 241 Å². The molecule has 3 aliphatic rings. The van der Waals surface area contributed by atoms with Crippen LogP contribution in [-0.4, -0.2) is 26.6 Å². The van der Waals surface area contributed by atoms with Gasteiger partial charge in [-0.3, -0.25) is 0 Å². The van der Waals surface area contributed by atoms with Gasteiger partial charge in [0.2, 0.25) is 0 Å². The van der Waals surface area contributed by atoms with Gasteiger partial charge >= 0.3 is 0 Å². The molecule has 10 aromatic rings. The summed E-state index contributed by atoms with van der Waals surface area (Å²) in [6.07, 6.45) is -0.524. The molecule has 3 heterocycles. The van der Waals surface area contributed by atoms with E-state index in [1.807, 2.05) is 78.9 Å². The average molecular weight is 873 g/mol. The van der Waals surface area contributed by atoms with Gasteiger partial charge in [0, 0.05) is 44.5 Å². The highest BCUT2D eigenvalue weighted by Gasteiger charge is 2.51. The molecule has 0 radical (unpaired) electrons. The van der Waals surface area contributed by atoms with Crippen molar-refractivity contribution in [2.45, 2.75) is 11.6 Å². The Balaban J connectivity index is 0.991. The number of aromatic nitrogens is 3. The number of hydrogen-bond acceptors (Lipinski definition) is 7. The van der Waals surface area contributed by atoms with Gasteiger partial charge in [0.1, 0.15) is 23.2 Å². The van der Waals surface area contributed by atoms with Crippen molar-refractivity contribution < 1.29 is 4.74 Å². The predicted octanol–water partition coefficient (Wildman–Crippen LogP) is 13.5. The Kier molecular flexibility index (Phi) is 9.32. The molecule has 0 saturated carbocycles. The van der Waals surface area contributed by atoms with Gasteiger partial charge in [-0.25, -0.2) is 24.9 Å². The third kappa shape index (κ3) is 6.55. The van der Waals surface area contributed by atoms with Crippen LogP contribution < -0.4 is 10.1 Å². The highest BCUT2D eigenvalue weighted by Crippen LogP contribution is 2.62. The van der Waals surface area contributed by atoms with Crippen molar-refractivity contribution >= 4 is 11.7 Å². The van der Waals surface area contributed by atoms with Crippen LogP contribution in [0.3, 0.4) is 0 Å². The van der Waals surface area contributed by atoms with Gasteiger partial charge in [-0.15, -0.1) is 0 Å². The number of benzene rings is 9. The Labute approximate surface area is 394 Å². The van der Waals surface area contributed by atoms with Gasteiger partial charge < -0.3 is 10.1 Å². The minimum Gasteiger partial charge on any atom is -0.457 e. The normalized spacial score (nSPS) is 15.5. The summed E-state index contributed by atoms with van der Waals surface area (Å²) in [6, 6.07) is 79.8. The molecule has 0 amide bonds. The molecule has 0 saturated heterocycles. The molecule has 0 fully saturated rings. The zero-order valence-corrected chi connectivity index (χ0v) is 36.7. The van der Waals surface area contributed by atoms with Crippen molar-refractivity contribution in [1.29, 1.82) is 0 Å². The third-order valence-corrected chi connectivity index (χ3v) is 13.3. The summed E-state index contributed by atoms with van der Waals surface area (Å²) in [5.41, 5.74) is 13.8. The molecule has 1 aromatic heterocycles. The minimum atomic E-state index is -0.738. The maximum absolute atomic E-state index is 6.99. The first kappa shape index (κ1) is 39.3. The molecule has 2 aliphatic heterocycles. The van der Waals surface area contributed by atoms with Crippen molar-refractivity contribution in [3.63, 3.8) is 0 Å². The van der Waals surface area contributed by atoms with Crippen molar-refractivity contribution in [2.24, 2.45) is 9.98 Å². The van der Waals surface area contributed by atoms with Crippen LogP contribution in [0.5, 0.6) is 11.5 Å². The highest BCUT2D eigenvalue weighted by molar-refractivity contribution is 6.15. The van der Waals surface area contributed by atoms with Gasteiger partial charge in [-0.05, 0) is 57.6 Å². The molecular weight excluding hydrogens is 833 g/mol. The maximum atomic E-state index is 6.99. The second kappa shape index (κ2) is 16.1. The lowest BCUT2D eigenvalue weighted by atomic mass is 9.66. The summed E-state index contributed by atoms with van der Waals surface area (Å²) < 4.78 is 6.99. The molecule has 7 nitrogen and oxygen atoms in total. The van der Waals surface area contributed by atoms with E-state index in [1.165, 1.54) is 11.1 Å². The summed E-state index contributed by atoms with van der Waals surface area (Å²) in [6.45, 7) is 0. The maximum Gasteiger partial charge on any atom is 0.169 e. The smallest absolute Gasteiger partial charge is 0.169 e. The summed E-state index contributed by atoms with van der Waals surface area (Å²) >= 11 is 0. The van der Waals surface area contributed by atoms with Crippen LogP contribution in [-0.2, 0) is 5.41 Å². The first-order valence-corrected chi connectivity index (χ1v) is 22.8. The molecule has 1 atom stereocenters. The monoisotopic (exact) mass is 872 g/mol. The number of hydrogen-bond donors (Lipinski definition) is 1. The van der Waals surface area contributed by atoms with Crippen LogP contribution in [0.1, 0.15) is 45.1 Å². The molecule has 1 unspecified atom stereocenters. The van der Waals surface area contributed by atoms with Gasteiger partial charge in [-0.1, -0.05) is 206 Å². The molecule has 320 valence electrons. The van der Waals surface area contributed by atoms with Crippen molar-refractivity contribution in [3.8, 4) is 67.9 Å². The van der Waals surface area contributed by atoms with E-state index in [4.69, 9.17) is 29.7 Å². The van der Waals surface area contributed by atoms with Gasteiger partial charge in [0.15, 0.2) is 23.6 Å². The number of fused-ring (bicyclic) bond motifs is 9. The van der Waals surface area contributed by atoms with Crippen LogP contribution in [0.2, 0.25) is 0 Å². The Bertz CT molecular complexity index is 3580. The molecule has 1 aliphatic carbocycles. The fourth-order valence-electron chi connectivity index (χ4n) is 10.1. The second-order valence-electron chi connectivity index (χ2n) is 17.2. The fraction of sp³-hybridized carbons (Fsp3) is 0.0328. The highest BCUT2D eigenvalue weighted by atomic mass is 16.5. The quantitative estimate of drug-likeness (QED) is 0.172. The summed E-state index contributed by atoms with van der Waals surface area (Å²) in [7, 11) is 0. The summed E-state index contributed by atoms with van der Waals surface area (Å²) in [5.74, 6) is 4.88. The van der Waals surface area contributed by atoms with E-state index in [1.54, 1.807) is 0 Å². The van der Waals surface area contributed by atoms with E-state index >= 15 is 0 Å². The minimum absolute atomic E-state index is 0.524. The number of nitrogens with zero attached hydrogens (tertiary/aromatic N) is 5. The lowest BCUT2D eigenvalue weighted by Gasteiger charge is -2.39. The van der Waals surface area contributed by atoms with Gasteiger partial charge in [0.05, 0.1) is 5.41 Å². The van der Waals surface area contributed by atoms with E-state index in [9.17, 15) is 0 Å². The number of aliphatic imine (C=N–C) groups is 2. The van der Waals surface area contributed by atoms with Crippen molar-refractivity contribution in [3.05, 3.63) is 269 Å². The zero-order valence-electron chi connectivity index (χ0n) is 36.7. The lowest BCUT2D eigenvalue weighted by Crippen LogP contribution is -2.36. The van der Waals surface area contributed by atoms with E-state index in [2.05, 4.69) is 157 Å². The predicted molar refractivity (Wildman–Crippen MR) is 271 cm³/mol. The van der Waals surface area contributed by atoms with Crippen molar-refractivity contribution in [1.82, 2.24) is 20.3 Å². The summed E-state index contributed by atoms with van der Waals surface area (Å²) in [5, 5.41) is 3.53. The van der Waals surface area contributed by atoms with E-state index in [0.29, 0.717) is 17.5 Å². The van der Waals surface area contributed by atoms with Crippen LogP contribution >= 0.6 is 0 Å². The van der Waals surface area contributed by atoms with Gasteiger partial charge in [0.25, 0.3) is 0 Å². The molecule has 1 spiro atoms. The first-order valence-electron chi connectivity index (χ1n) is 22.8. The van der Waals surface area contributed by atoms with E-state index < -0.39 is 11.6 Å².